The van der Waals surface area contributed by atoms with E-state index >= 15 is 0 Å². The first-order valence-corrected chi connectivity index (χ1v) is 5.07. The Balaban J connectivity index is 2.57. The molecular formula is C12H20N2O. The second kappa shape index (κ2) is 4.53. The average molecular weight is 208 g/mol. The largest absolute Gasteiger partial charge is 0.492 e. The van der Waals surface area contributed by atoms with E-state index in [2.05, 4.69) is 18.7 Å². The van der Waals surface area contributed by atoms with E-state index in [1.807, 2.05) is 38.4 Å². The molecule has 0 aliphatic carbocycles. The Morgan fingerprint density at radius 1 is 1.33 bits per heavy atom. The molecule has 0 radical (unpaired) electrons. The third-order valence-corrected chi connectivity index (χ3v) is 2.66. The zero-order valence-electron chi connectivity index (χ0n) is 9.95. The molecule has 3 nitrogen and oxygen atoms in total. The summed E-state index contributed by atoms with van der Waals surface area (Å²) in [4.78, 5) is 2.14. The molecule has 0 fully saturated rings. The van der Waals surface area contributed by atoms with Crippen molar-refractivity contribution in [3.05, 3.63) is 24.3 Å². The summed E-state index contributed by atoms with van der Waals surface area (Å²) in [6.07, 6.45) is 0. The highest BCUT2D eigenvalue weighted by Gasteiger charge is 2.21. The number of anilines is 1. The molecule has 0 aromatic heterocycles. The minimum atomic E-state index is 0.0185. The van der Waals surface area contributed by atoms with Gasteiger partial charge in [-0.25, -0.2) is 0 Å². The average Bonchev–Trinajstić information content (AvgIpc) is 2.15. The van der Waals surface area contributed by atoms with Crippen LogP contribution < -0.4 is 10.5 Å². The van der Waals surface area contributed by atoms with E-state index in [0.29, 0.717) is 6.61 Å². The molecule has 3 heteroatoms. The summed E-state index contributed by atoms with van der Waals surface area (Å²) in [6.45, 7) is 4.92. The number of ether oxygens (including phenoxy) is 1. The van der Waals surface area contributed by atoms with E-state index < -0.39 is 0 Å². The topological polar surface area (TPSA) is 38.5 Å². The Morgan fingerprint density at radius 3 is 2.53 bits per heavy atom. The van der Waals surface area contributed by atoms with Crippen molar-refractivity contribution in [3.63, 3.8) is 0 Å². The van der Waals surface area contributed by atoms with Gasteiger partial charge >= 0.3 is 0 Å². The Kier molecular flexibility index (Phi) is 3.58. The number of nitrogens with two attached hydrogens (primary N) is 1. The van der Waals surface area contributed by atoms with Crippen molar-refractivity contribution in [2.24, 2.45) is 0 Å². The van der Waals surface area contributed by atoms with Gasteiger partial charge in [-0.05, 0) is 40.1 Å². The summed E-state index contributed by atoms with van der Waals surface area (Å²) in [5, 5.41) is 0. The molecular weight excluding hydrogens is 188 g/mol. The van der Waals surface area contributed by atoms with Gasteiger partial charge in [0.05, 0.1) is 0 Å². The molecule has 1 aromatic rings. The Morgan fingerprint density at radius 2 is 2.00 bits per heavy atom. The van der Waals surface area contributed by atoms with E-state index in [4.69, 9.17) is 10.5 Å². The fourth-order valence-corrected chi connectivity index (χ4v) is 0.993. The van der Waals surface area contributed by atoms with Gasteiger partial charge in [0.2, 0.25) is 0 Å². The molecule has 0 amide bonds. The van der Waals surface area contributed by atoms with E-state index in [9.17, 15) is 0 Å². The fourth-order valence-electron chi connectivity index (χ4n) is 0.993. The molecule has 84 valence electrons. The second-order valence-corrected chi connectivity index (χ2v) is 4.57. The Labute approximate surface area is 91.8 Å². The lowest BCUT2D eigenvalue weighted by Gasteiger charge is -2.32. The van der Waals surface area contributed by atoms with Crippen LogP contribution in [0.5, 0.6) is 5.75 Å². The molecule has 0 bridgehead atoms. The van der Waals surface area contributed by atoms with Gasteiger partial charge in [0, 0.05) is 17.3 Å². The summed E-state index contributed by atoms with van der Waals surface area (Å²) in [5.41, 5.74) is 6.42. The highest BCUT2D eigenvalue weighted by molar-refractivity contribution is 5.43. The van der Waals surface area contributed by atoms with Gasteiger partial charge < -0.3 is 15.4 Å². The number of benzene rings is 1. The number of nitrogens with zero attached hydrogens (tertiary/aromatic N) is 1. The van der Waals surface area contributed by atoms with Crippen molar-refractivity contribution in [1.82, 2.24) is 4.90 Å². The van der Waals surface area contributed by atoms with Crippen LogP contribution >= 0.6 is 0 Å². The molecule has 2 N–H and O–H groups in total. The SMILES string of the molecule is CN(C)C(C)(C)COc1cccc(N)c1. The standard InChI is InChI=1S/C12H20N2O/c1-12(2,14(3)4)9-15-11-7-5-6-10(13)8-11/h5-8H,9,13H2,1-4H3. The van der Waals surface area contributed by atoms with E-state index in [1.165, 1.54) is 0 Å². The molecule has 1 rings (SSSR count). The van der Waals surface area contributed by atoms with Gasteiger partial charge in [-0.1, -0.05) is 6.07 Å². The summed E-state index contributed by atoms with van der Waals surface area (Å²) < 4.78 is 5.69. The number of likely N-dealkylation sites (N-methyl/N-ethyl adjacent to an activating group) is 1. The number of nitrogen functional groups attached to an aromatic ring is 1. The Hall–Kier alpha value is -1.22. The molecule has 0 atom stereocenters. The van der Waals surface area contributed by atoms with Crippen LogP contribution in [0.1, 0.15) is 13.8 Å². The molecule has 15 heavy (non-hydrogen) atoms. The maximum absolute atomic E-state index is 5.69. The normalized spacial score (nSPS) is 11.8. The minimum absolute atomic E-state index is 0.0185. The molecule has 0 aliphatic heterocycles. The van der Waals surface area contributed by atoms with Crippen LogP contribution in [0.25, 0.3) is 0 Å². The van der Waals surface area contributed by atoms with Crippen LogP contribution in [0.4, 0.5) is 5.69 Å². The van der Waals surface area contributed by atoms with Crippen LogP contribution in [0.2, 0.25) is 0 Å². The molecule has 0 saturated carbocycles. The van der Waals surface area contributed by atoms with Crippen molar-refractivity contribution in [2.45, 2.75) is 19.4 Å². The smallest absolute Gasteiger partial charge is 0.121 e. The minimum Gasteiger partial charge on any atom is -0.492 e. The zero-order valence-corrected chi connectivity index (χ0v) is 9.95. The third kappa shape index (κ3) is 3.44. The predicted molar refractivity (Wildman–Crippen MR) is 64.1 cm³/mol. The maximum Gasteiger partial charge on any atom is 0.121 e. The van der Waals surface area contributed by atoms with Crippen molar-refractivity contribution in [2.75, 3.05) is 26.4 Å². The summed E-state index contributed by atoms with van der Waals surface area (Å²) in [7, 11) is 4.09. The van der Waals surface area contributed by atoms with Gasteiger partial charge in [0.25, 0.3) is 0 Å². The Bertz CT molecular complexity index is 321. The van der Waals surface area contributed by atoms with E-state index in [0.717, 1.165) is 11.4 Å². The molecule has 0 spiro atoms. The summed E-state index contributed by atoms with van der Waals surface area (Å²) >= 11 is 0. The molecule has 0 aliphatic rings. The monoisotopic (exact) mass is 208 g/mol. The van der Waals surface area contributed by atoms with Gasteiger partial charge in [-0.3, -0.25) is 0 Å². The lowest BCUT2D eigenvalue weighted by atomic mass is 10.1. The van der Waals surface area contributed by atoms with Crippen LogP contribution in [0, 0.1) is 0 Å². The van der Waals surface area contributed by atoms with Crippen molar-refractivity contribution < 1.29 is 4.74 Å². The lowest BCUT2D eigenvalue weighted by Crippen LogP contribution is -2.43. The summed E-state index contributed by atoms with van der Waals surface area (Å²) in [5.74, 6) is 0.824. The highest BCUT2D eigenvalue weighted by Crippen LogP contribution is 2.17. The van der Waals surface area contributed by atoms with Crippen molar-refractivity contribution in [1.29, 1.82) is 0 Å². The lowest BCUT2D eigenvalue weighted by molar-refractivity contribution is 0.114. The third-order valence-electron chi connectivity index (χ3n) is 2.66. The van der Waals surface area contributed by atoms with Gasteiger partial charge in [0.1, 0.15) is 12.4 Å². The van der Waals surface area contributed by atoms with Gasteiger partial charge in [-0.2, -0.15) is 0 Å². The molecule has 1 aromatic carbocycles. The van der Waals surface area contributed by atoms with Gasteiger partial charge in [-0.15, -0.1) is 0 Å². The van der Waals surface area contributed by atoms with Crippen LogP contribution in [0.3, 0.4) is 0 Å². The second-order valence-electron chi connectivity index (χ2n) is 4.57. The number of hydrogen-bond acceptors (Lipinski definition) is 3. The summed E-state index contributed by atoms with van der Waals surface area (Å²) in [6, 6.07) is 7.51. The van der Waals surface area contributed by atoms with Crippen LogP contribution in [-0.2, 0) is 0 Å². The first-order valence-electron chi connectivity index (χ1n) is 5.07. The van der Waals surface area contributed by atoms with E-state index in [1.54, 1.807) is 0 Å². The number of hydrogen-bond donors (Lipinski definition) is 1. The van der Waals surface area contributed by atoms with Gasteiger partial charge in [0.15, 0.2) is 0 Å². The van der Waals surface area contributed by atoms with Crippen molar-refractivity contribution in [3.8, 4) is 5.75 Å². The molecule has 0 heterocycles. The predicted octanol–water partition coefficient (Wildman–Crippen LogP) is 1.99. The first kappa shape index (κ1) is 11.9. The van der Waals surface area contributed by atoms with E-state index in [-0.39, 0.29) is 5.54 Å². The quantitative estimate of drug-likeness (QED) is 0.769. The highest BCUT2D eigenvalue weighted by atomic mass is 16.5. The van der Waals surface area contributed by atoms with Crippen LogP contribution in [-0.4, -0.2) is 31.1 Å². The van der Waals surface area contributed by atoms with Crippen molar-refractivity contribution >= 4 is 5.69 Å². The number of rotatable bonds is 4. The first-order chi connectivity index (χ1) is 6.92. The maximum atomic E-state index is 5.69. The van der Waals surface area contributed by atoms with Crippen LogP contribution in [0.15, 0.2) is 24.3 Å². The molecule has 0 unspecified atom stereocenters. The zero-order chi connectivity index (χ0) is 11.5. The fraction of sp³-hybridized carbons (Fsp3) is 0.500. The molecule has 0 saturated heterocycles.